The van der Waals surface area contributed by atoms with E-state index < -0.39 is 52.8 Å². The zero-order valence-electron chi connectivity index (χ0n) is 23.2. The lowest BCUT2D eigenvalue weighted by atomic mass is 10.0. The van der Waals surface area contributed by atoms with Crippen LogP contribution in [0.2, 0.25) is 0 Å². The highest BCUT2D eigenvalue weighted by Gasteiger charge is 2.37. The highest BCUT2D eigenvalue weighted by Crippen LogP contribution is 2.36. The van der Waals surface area contributed by atoms with Gasteiger partial charge in [-0.15, -0.1) is 0 Å². The molecule has 0 heterocycles. The quantitative estimate of drug-likeness (QED) is 0.106. The highest BCUT2D eigenvalue weighted by atomic mass is 32.3. The second kappa shape index (κ2) is 14.5. The normalized spacial score (nSPS) is 11.9. The number of hydrogen-bond donors (Lipinski definition) is 4. The molecule has 0 unspecified atom stereocenters. The first-order chi connectivity index (χ1) is 19.5. The van der Waals surface area contributed by atoms with E-state index in [0.717, 1.165) is 67.6 Å². The highest BCUT2D eigenvalue weighted by molar-refractivity contribution is 8.10. The topological polar surface area (TPSA) is 152 Å². The van der Waals surface area contributed by atoms with E-state index in [4.69, 9.17) is 0 Å². The summed E-state index contributed by atoms with van der Waals surface area (Å²) in [7, 11) is -9.68. The number of hydrogen-bond acceptors (Lipinski definition) is 8. The van der Waals surface area contributed by atoms with Crippen LogP contribution >= 0.6 is 0 Å². The first-order valence-electron chi connectivity index (χ1n) is 13.9. The van der Waals surface area contributed by atoms with Crippen molar-refractivity contribution in [1.82, 2.24) is 0 Å². The summed E-state index contributed by atoms with van der Waals surface area (Å²) < 4.78 is 54.9. The van der Waals surface area contributed by atoms with Crippen molar-refractivity contribution < 1.29 is 37.3 Å². The number of phenols is 4. The zero-order valence-corrected chi connectivity index (χ0v) is 24.9. The lowest BCUT2D eigenvalue weighted by Crippen LogP contribution is -2.37. The van der Waals surface area contributed by atoms with E-state index in [1.807, 2.05) is 0 Å². The average molecular weight is 606 g/mol. The molecule has 0 aliphatic rings. The molecule has 0 aliphatic carbocycles. The van der Waals surface area contributed by atoms with Gasteiger partial charge in [0.1, 0.15) is 0 Å². The SMILES string of the molecule is CCCCCCCCCCCCc1ccc(N(S(=O)(=O)c2ccc(O)c(O)c2)S(=O)(=O)c2ccc(O)c(O)c2)cc1. The van der Waals surface area contributed by atoms with Crippen LogP contribution in [0.3, 0.4) is 0 Å². The summed E-state index contributed by atoms with van der Waals surface area (Å²) >= 11 is 0. The van der Waals surface area contributed by atoms with Crippen molar-refractivity contribution in [3.8, 4) is 23.0 Å². The van der Waals surface area contributed by atoms with Gasteiger partial charge >= 0.3 is 0 Å². The predicted molar refractivity (Wildman–Crippen MR) is 158 cm³/mol. The minimum absolute atomic E-state index is 0.183. The van der Waals surface area contributed by atoms with E-state index in [0.29, 0.717) is 0 Å². The van der Waals surface area contributed by atoms with Crippen LogP contribution in [0.25, 0.3) is 0 Å². The molecule has 0 radical (unpaired) electrons. The third kappa shape index (κ3) is 8.29. The molecule has 0 aromatic heterocycles. The second-order valence-corrected chi connectivity index (χ2v) is 13.9. The molecule has 0 aliphatic heterocycles. The van der Waals surface area contributed by atoms with E-state index in [-0.39, 0.29) is 9.40 Å². The third-order valence-electron chi connectivity index (χ3n) is 6.89. The number of benzene rings is 3. The van der Waals surface area contributed by atoms with Crippen molar-refractivity contribution in [2.24, 2.45) is 0 Å². The summed E-state index contributed by atoms with van der Waals surface area (Å²) in [6.45, 7) is 2.21. The molecular weight excluding hydrogens is 566 g/mol. The van der Waals surface area contributed by atoms with Crippen molar-refractivity contribution in [3.63, 3.8) is 0 Å². The van der Waals surface area contributed by atoms with E-state index in [1.165, 1.54) is 57.1 Å². The lowest BCUT2D eigenvalue weighted by molar-refractivity contribution is 0.402. The van der Waals surface area contributed by atoms with E-state index in [9.17, 15) is 37.3 Å². The Labute approximate surface area is 242 Å². The monoisotopic (exact) mass is 605 g/mol. The lowest BCUT2D eigenvalue weighted by Gasteiger charge is -2.24. The van der Waals surface area contributed by atoms with Crippen LogP contribution < -0.4 is 3.71 Å². The number of aromatic hydroxyl groups is 4. The average Bonchev–Trinajstić information content (AvgIpc) is 2.93. The first-order valence-corrected chi connectivity index (χ1v) is 16.8. The van der Waals surface area contributed by atoms with Crippen LogP contribution in [0.4, 0.5) is 5.69 Å². The van der Waals surface area contributed by atoms with Gasteiger partial charge in [0.15, 0.2) is 23.0 Å². The fourth-order valence-corrected chi connectivity index (χ4v) is 8.26. The molecule has 0 spiro atoms. The first kappa shape index (κ1) is 32.1. The molecule has 3 rings (SSSR count). The van der Waals surface area contributed by atoms with E-state index in [2.05, 4.69) is 6.92 Å². The van der Waals surface area contributed by atoms with Gasteiger partial charge in [-0.1, -0.05) is 76.8 Å². The van der Waals surface area contributed by atoms with Gasteiger partial charge in [0.05, 0.1) is 15.5 Å². The van der Waals surface area contributed by atoms with Crippen LogP contribution in [0, 0.1) is 0 Å². The minimum Gasteiger partial charge on any atom is -0.504 e. The molecule has 41 heavy (non-hydrogen) atoms. The fraction of sp³-hybridized carbons (Fsp3) is 0.400. The molecule has 224 valence electrons. The van der Waals surface area contributed by atoms with Crippen LogP contribution in [-0.4, -0.2) is 37.3 Å². The molecule has 9 nitrogen and oxygen atoms in total. The molecule has 0 atom stereocenters. The molecule has 0 bridgehead atoms. The van der Waals surface area contributed by atoms with E-state index >= 15 is 0 Å². The number of nitrogens with zero attached hydrogens (tertiary/aromatic N) is 1. The van der Waals surface area contributed by atoms with Crippen LogP contribution in [-0.2, 0) is 26.5 Å². The summed E-state index contributed by atoms with van der Waals surface area (Å²) in [4.78, 5) is -1.15. The van der Waals surface area contributed by atoms with Crippen molar-refractivity contribution >= 4 is 25.7 Å². The van der Waals surface area contributed by atoms with Gasteiger partial charge in [-0.3, -0.25) is 0 Å². The zero-order chi connectivity index (χ0) is 30.0. The molecule has 3 aromatic carbocycles. The Morgan fingerprint density at radius 1 is 0.537 bits per heavy atom. The van der Waals surface area contributed by atoms with Crippen LogP contribution in [0.5, 0.6) is 23.0 Å². The Kier molecular flexibility index (Phi) is 11.3. The smallest absolute Gasteiger partial charge is 0.277 e. The summed E-state index contributed by atoms with van der Waals surface area (Å²) in [5.74, 6) is -2.62. The van der Waals surface area contributed by atoms with Gasteiger partial charge in [0.25, 0.3) is 20.0 Å². The molecule has 0 amide bonds. The van der Waals surface area contributed by atoms with E-state index in [1.54, 1.807) is 12.1 Å². The summed E-state index contributed by atoms with van der Waals surface area (Å²) in [5.41, 5.74) is 0.740. The number of phenolic OH excluding ortho intramolecular Hbond substituents is 4. The van der Waals surface area contributed by atoms with Crippen molar-refractivity contribution in [2.75, 3.05) is 3.71 Å². The van der Waals surface area contributed by atoms with Crippen LogP contribution in [0.15, 0.2) is 70.5 Å². The molecule has 0 fully saturated rings. The second-order valence-electron chi connectivity index (χ2n) is 10.1. The summed E-state index contributed by atoms with van der Waals surface area (Å²) in [5, 5.41) is 39.0. The van der Waals surface area contributed by atoms with Gasteiger partial charge in [0.2, 0.25) is 0 Å². The van der Waals surface area contributed by atoms with Gasteiger partial charge in [-0.25, -0.2) is 16.8 Å². The van der Waals surface area contributed by atoms with Crippen molar-refractivity contribution in [2.45, 2.75) is 87.3 Å². The third-order valence-corrected chi connectivity index (χ3v) is 11.1. The number of aryl methyl sites for hydroxylation is 1. The molecule has 11 heteroatoms. The Bertz CT molecular complexity index is 1420. The summed E-state index contributed by atoms with van der Waals surface area (Å²) in [6, 6.07) is 11.4. The van der Waals surface area contributed by atoms with Gasteiger partial charge in [-0.2, -0.15) is 3.71 Å². The minimum atomic E-state index is -4.84. The van der Waals surface area contributed by atoms with Gasteiger partial charge in [-0.05, 0) is 54.8 Å². The predicted octanol–water partition coefficient (Wildman–Crippen LogP) is 6.56. The standard InChI is InChI=1S/C30H39NO8S2/c1-2-3-4-5-6-7-8-9-10-11-12-23-13-15-24(16-14-23)31(40(36,37)25-17-19-27(32)29(34)21-25)41(38,39)26-18-20-28(33)30(35)22-26/h13-22,32-35H,2-12H2,1H3. The maximum absolute atomic E-state index is 13.7. The number of sulfonamides is 2. The van der Waals surface area contributed by atoms with Crippen molar-refractivity contribution in [3.05, 3.63) is 66.2 Å². The maximum Gasteiger partial charge on any atom is 0.277 e. The van der Waals surface area contributed by atoms with Crippen LogP contribution in [0.1, 0.15) is 76.7 Å². The molecule has 3 aromatic rings. The van der Waals surface area contributed by atoms with Gasteiger partial charge in [0, 0.05) is 12.1 Å². The number of rotatable bonds is 16. The molecular formula is C30H39NO8S2. The fourth-order valence-electron chi connectivity index (χ4n) is 4.53. The summed E-state index contributed by atoms with van der Waals surface area (Å²) in [6.07, 6.45) is 12.8. The molecule has 4 N–H and O–H groups in total. The molecule has 0 saturated carbocycles. The Morgan fingerprint density at radius 2 is 0.951 bits per heavy atom. The Hall–Kier alpha value is -3.44. The Morgan fingerprint density at radius 3 is 1.37 bits per heavy atom. The Balaban J connectivity index is 1.79. The number of anilines is 1. The molecule has 0 saturated heterocycles. The maximum atomic E-state index is 13.7. The van der Waals surface area contributed by atoms with Crippen molar-refractivity contribution in [1.29, 1.82) is 0 Å². The largest absolute Gasteiger partial charge is 0.504 e. The van der Waals surface area contributed by atoms with Gasteiger partial charge < -0.3 is 20.4 Å². The number of unbranched alkanes of at least 4 members (excludes halogenated alkanes) is 9.